The minimum Gasteiger partial charge on any atom is -0.329 e. The lowest BCUT2D eigenvalue weighted by atomic mass is 9.78. The Balaban J connectivity index is 1.60. The number of hydrogen-bond donors (Lipinski definition) is 1. The number of fused-ring (bicyclic) bond motifs is 1. The largest absolute Gasteiger partial charge is 0.471 e. The van der Waals surface area contributed by atoms with Crippen molar-refractivity contribution in [3.8, 4) is 11.4 Å². The summed E-state index contributed by atoms with van der Waals surface area (Å²) in [6, 6.07) is 10.5. The minimum atomic E-state index is -4.71. The van der Waals surface area contributed by atoms with Gasteiger partial charge >= 0.3 is 12.1 Å². The number of nitrogens with zero attached hydrogens (tertiary/aromatic N) is 2. The van der Waals surface area contributed by atoms with Crippen LogP contribution >= 0.6 is 0 Å². The molecule has 1 N–H and O–H groups in total. The zero-order valence-corrected chi connectivity index (χ0v) is 14.5. The molecule has 0 radical (unpaired) electrons. The van der Waals surface area contributed by atoms with Crippen molar-refractivity contribution < 1.29 is 26.9 Å². The van der Waals surface area contributed by atoms with E-state index >= 15 is 0 Å². The summed E-state index contributed by atoms with van der Waals surface area (Å²) >= 11 is 0. The Bertz CT molecular complexity index is 1060. The summed E-state index contributed by atoms with van der Waals surface area (Å²) < 4.78 is 55.6. The van der Waals surface area contributed by atoms with Crippen molar-refractivity contribution in [1.29, 1.82) is 0 Å². The van der Waals surface area contributed by atoms with Crippen molar-refractivity contribution in [2.24, 2.45) is 0 Å². The van der Waals surface area contributed by atoms with Crippen molar-refractivity contribution in [2.45, 2.75) is 24.9 Å². The number of anilines is 1. The number of rotatable bonds is 3. The van der Waals surface area contributed by atoms with E-state index in [0.717, 1.165) is 5.56 Å². The van der Waals surface area contributed by atoms with E-state index in [4.69, 9.17) is 0 Å². The van der Waals surface area contributed by atoms with Crippen molar-refractivity contribution in [3.63, 3.8) is 0 Å². The summed E-state index contributed by atoms with van der Waals surface area (Å²) in [5.74, 6) is -2.28. The molecule has 28 heavy (non-hydrogen) atoms. The highest BCUT2D eigenvalue weighted by molar-refractivity contribution is 6.06. The van der Waals surface area contributed by atoms with Gasteiger partial charge in [-0.25, -0.2) is 4.39 Å². The van der Waals surface area contributed by atoms with Gasteiger partial charge in [0, 0.05) is 11.3 Å². The number of benzene rings is 2. The lowest BCUT2D eigenvalue weighted by Gasteiger charge is -2.22. The quantitative estimate of drug-likeness (QED) is 0.674. The van der Waals surface area contributed by atoms with Crippen LogP contribution in [0.5, 0.6) is 0 Å². The van der Waals surface area contributed by atoms with E-state index in [0.29, 0.717) is 16.8 Å². The van der Waals surface area contributed by atoms with Gasteiger partial charge in [0.15, 0.2) is 0 Å². The molecule has 2 aromatic carbocycles. The summed E-state index contributed by atoms with van der Waals surface area (Å²) in [7, 11) is 0. The highest BCUT2D eigenvalue weighted by atomic mass is 19.4. The molecular formula is C19H13F4N3O2. The first-order chi connectivity index (χ1) is 13.2. The second-order valence-corrected chi connectivity index (χ2v) is 6.77. The molecule has 5 nitrogen and oxygen atoms in total. The molecule has 1 amide bonds. The number of aromatic nitrogens is 2. The summed E-state index contributed by atoms with van der Waals surface area (Å²) in [6.45, 7) is 1.72. The standard InChI is InChI=1S/C19H13F4N3O2/c1-18(13-8-12(20)6-7-14(13)24-16(18)27)9-10-2-4-11(5-3-10)15-25-17(28-26-15)19(21,22)23/h2-8H,9H2,1H3,(H,24,27). The SMILES string of the molecule is CC1(Cc2ccc(-c3noc(C(F)(F)F)n3)cc2)C(=O)Nc2ccc(F)cc21. The minimum absolute atomic E-state index is 0.184. The average Bonchev–Trinajstić information content (AvgIpc) is 3.21. The monoisotopic (exact) mass is 391 g/mol. The third-order valence-corrected chi connectivity index (χ3v) is 4.76. The van der Waals surface area contributed by atoms with Crippen LogP contribution in [0.25, 0.3) is 11.4 Å². The van der Waals surface area contributed by atoms with E-state index in [1.807, 2.05) is 0 Å². The van der Waals surface area contributed by atoms with E-state index in [-0.39, 0.29) is 18.2 Å². The van der Waals surface area contributed by atoms with E-state index in [1.54, 1.807) is 31.2 Å². The lowest BCUT2D eigenvalue weighted by Crippen LogP contribution is -2.33. The summed E-state index contributed by atoms with van der Waals surface area (Å²) in [4.78, 5) is 15.8. The molecule has 1 atom stereocenters. The molecule has 1 unspecified atom stereocenters. The van der Waals surface area contributed by atoms with Crippen LogP contribution in [-0.2, 0) is 22.8 Å². The maximum absolute atomic E-state index is 13.7. The van der Waals surface area contributed by atoms with Gasteiger partial charge in [0.25, 0.3) is 0 Å². The Kier molecular flexibility index (Phi) is 3.99. The predicted octanol–water partition coefficient (Wildman–Crippen LogP) is 4.35. The molecule has 1 aliphatic rings. The first kappa shape index (κ1) is 18.1. The molecule has 9 heteroatoms. The van der Waals surface area contributed by atoms with Crippen molar-refractivity contribution >= 4 is 11.6 Å². The van der Waals surface area contributed by atoms with Gasteiger partial charge in [-0.1, -0.05) is 29.4 Å². The average molecular weight is 391 g/mol. The molecule has 0 bridgehead atoms. The first-order valence-corrected chi connectivity index (χ1v) is 8.28. The highest BCUT2D eigenvalue weighted by Crippen LogP contribution is 2.40. The predicted molar refractivity (Wildman–Crippen MR) is 90.8 cm³/mol. The Hall–Kier alpha value is -3.23. The first-order valence-electron chi connectivity index (χ1n) is 8.28. The number of amides is 1. The van der Waals surface area contributed by atoms with Crippen LogP contribution < -0.4 is 5.32 Å². The third kappa shape index (κ3) is 3.02. The second kappa shape index (κ2) is 6.15. The second-order valence-electron chi connectivity index (χ2n) is 6.77. The van der Waals surface area contributed by atoms with Crippen LogP contribution in [0.3, 0.4) is 0 Å². The van der Waals surface area contributed by atoms with Crippen molar-refractivity contribution in [3.05, 3.63) is 65.3 Å². The van der Waals surface area contributed by atoms with E-state index in [9.17, 15) is 22.4 Å². The number of halogens is 4. The Labute approximate surface area is 156 Å². The van der Waals surface area contributed by atoms with Crippen LogP contribution in [0.2, 0.25) is 0 Å². The topological polar surface area (TPSA) is 68.0 Å². The van der Waals surface area contributed by atoms with Gasteiger partial charge in [-0.05, 0) is 42.7 Å². The molecule has 2 heterocycles. The van der Waals surface area contributed by atoms with Gasteiger partial charge in [-0.2, -0.15) is 18.2 Å². The van der Waals surface area contributed by atoms with Crippen molar-refractivity contribution in [1.82, 2.24) is 10.1 Å². The summed E-state index contributed by atoms with van der Waals surface area (Å²) in [5, 5.41) is 6.08. The molecule has 3 aromatic rings. The normalized spacial score (nSPS) is 18.8. The molecule has 144 valence electrons. The molecule has 1 aliphatic heterocycles. The fourth-order valence-corrected chi connectivity index (χ4v) is 3.28. The zero-order valence-electron chi connectivity index (χ0n) is 14.5. The number of hydrogen-bond acceptors (Lipinski definition) is 4. The molecule has 4 rings (SSSR count). The van der Waals surface area contributed by atoms with Crippen LogP contribution in [0.4, 0.5) is 23.2 Å². The fraction of sp³-hybridized carbons (Fsp3) is 0.211. The van der Waals surface area contributed by atoms with Crippen molar-refractivity contribution in [2.75, 3.05) is 5.32 Å². The van der Waals surface area contributed by atoms with Crippen LogP contribution in [-0.4, -0.2) is 16.0 Å². The van der Waals surface area contributed by atoms with Crippen LogP contribution in [0.1, 0.15) is 23.9 Å². The molecule has 0 saturated heterocycles. The zero-order chi connectivity index (χ0) is 20.1. The Morgan fingerprint density at radius 1 is 1.14 bits per heavy atom. The highest BCUT2D eigenvalue weighted by Gasteiger charge is 2.43. The van der Waals surface area contributed by atoms with E-state index < -0.39 is 23.3 Å². The number of nitrogens with one attached hydrogen (secondary N) is 1. The maximum Gasteiger partial charge on any atom is 0.471 e. The van der Waals surface area contributed by atoms with E-state index in [2.05, 4.69) is 20.0 Å². The molecule has 0 saturated carbocycles. The number of carbonyl (C=O) groups is 1. The third-order valence-electron chi connectivity index (χ3n) is 4.76. The number of carbonyl (C=O) groups excluding carboxylic acids is 1. The molecule has 0 aliphatic carbocycles. The maximum atomic E-state index is 13.7. The fourth-order valence-electron chi connectivity index (χ4n) is 3.28. The Morgan fingerprint density at radius 2 is 1.86 bits per heavy atom. The van der Waals surface area contributed by atoms with Gasteiger partial charge in [-0.3, -0.25) is 4.79 Å². The smallest absolute Gasteiger partial charge is 0.329 e. The van der Waals surface area contributed by atoms with Gasteiger partial charge in [0.05, 0.1) is 5.41 Å². The summed E-state index contributed by atoms with van der Waals surface area (Å²) in [5.41, 5.74) is 1.26. The molecule has 1 aromatic heterocycles. The van der Waals surface area contributed by atoms with Crippen LogP contribution in [0, 0.1) is 5.82 Å². The van der Waals surface area contributed by atoms with E-state index in [1.165, 1.54) is 18.2 Å². The molecular weight excluding hydrogens is 378 g/mol. The Morgan fingerprint density at radius 3 is 2.50 bits per heavy atom. The van der Waals surface area contributed by atoms with Gasteiger partial charge in [-0.15, -0.1) is 0 Å². The lowest BCUT2D eigenvalue weighted by molar-refractivity contribution is -0.159. The number of alkyl halides is 3. The van der Waals surface area contributed by atoms with Gasteiger partial charge < -0.3 is 9.84 Å². The molecule has 0 fully saturated rings. The molecule has 0 spiro atoms. The van der Waals surface area contributed by atoms with Crippen LogP contribution in [0.15, 0.2) is 47.0 Å². The van der Waals surface area contributed by atoms with Gasteiger partial charge in [0.2, 0.25) is 11.7 Å². The summed E-state index contributed by atoms with van der Waals surface area (Å²) in [6.07, 6.45) is -4.42. The van der Waals surface area contributed by atoms with Gasteiger partial charge in [0.1, 0.15) is 5.82 Å².